The Hall–Kier alpha value is -1.44. The van der Waals surface area contributed by atoms with Crippen LogP contribution < -0.4 is 5.32 Å². The van der Waals surface area contributed by atoms with Crippen molar-refractivity contribution in [3.8, 4) is 0 Å². The molecule has 15 heavy (non-hydrogen) atoms. The van der Waals surface area contributed by atoms with Crippen molar-refractivity contribution in [1.29, 1.82) is 0 Å². The second-order valence-electron chi connectivity index (χ2n) is 4.96. The molecular weight excluding hydrogens is 184 g/mol. The summed E-state index contributed by atoms with van der Waals surface area (Å²) in [6.07, 6.45) is 2.12. The van der Waals surface area contributed by atoms with Crippen LogP contribution in [0.15, 0.2) is 24.4 Å². The normalized spacial score (nSPS) is 12.0. The third kappa shape index (κ3) is 1.72. The molecule has 0 saturated heterocycles. The van der Waals surface area contributed by atoms with Crippen molar-refractivity contribution in [2.45, 2.75) is 26.2 Å². The summed E-state index contributed by atoms with van der Waals surface area (Å²) < 4.78 is 0. The molecule has 0 radical (unpaired) electrons. The first-order valence-electron chi connectivity index (χ1n) is 5.32. The van der Waals surface area contributed by atoms with Crippen LogP contribution in [0.4, 0.5) is 5.69 Å². The van der Waals surface area contributed by atoms with Crippen LogP contribution in [0.2, 0.25) is 0 Å². The molecule has 0 aliphatic rings. The molecule has 0 atom stereocenters. The number of H-pyrrole nitrogens is 1. The predicted molar refractivity (Wildman–Crippen MR) is 66.5 cm³/mol. The van der Waals surface area contributed by atoms with Gasteiger partial charge in [0.25, 0.3) is 0 Å². The van der Waals surface area contributed by atoms with E-state index in [0.717, 1.165) is 5.69 Å². The summed E-state index contributed by atoms with van der Waals surface area (Å²) in [5.41, 5.74) is 3.91. The van der Waals surface area contributed by atoms with Crippen molar-refractivity contribution in [1.82, 2.24) is 4.98 Å². The van der Waals surface area contributed by atoms with Gasteiger partial charge in [0, 0.05) is 29.8 Å². The van der Waals surface area contributed by atoms with Gasteiger partial charge in [0.1, 0.15) is 0 Å². The van der Waals surface area contributed by atoms with E-state index in [2.05, 4.69) is 55.5 Å². The minimum Gasteiger partial charge on any atom is -0.388 e. The Morgan fingerprint density at radius 1 is 1.20 bits per heavy atom. The fourth-order valence-electron chi connectivity index (χ4n) is 1.90. The van der Waals surface area contributed by atoms with Gasteiger partial charge in [0.15, 0.2) is 0 Å². The quantitative estimate of drug-likeness (QED) is 0.727. The Labute approximate surface area is 90.7 Å². The average molecular weight is 202 g/mol. The molecule has 1 heterocycles. The van der Waals surface area contributed by atoms with Gasteiger partial charge in [-0.25, -0.2) is 0 Å². The van der Waals surface area contributed by atoms with Crippen LogP contribution in [0, 0.1) is 0 Å². The van der Waals surface area contributed by atoms with Gasteiger partial charge < -0.3 is 10.3 Å². The molecule has 2 heteroatoms. The maximum atomic E-state index is 3.33. The van der Waals surface area contributed by atoms with Gasteiger partial charge in [0.05, 0.1) is 0 Å². The molecule has 2 nitrogen and oxygen atoms in total. The zero-order valence-electron chi connectivity index (χ0n) is 9.81. The number of hydrogen-bond donors (Lipinski definition) is 2. The molecule has 0 aliphatic carbocycles. The molecule has 0 unspecified atom stereocenters. The largest absolute Gasteiger partial charge is 0.388 e. The Morgan fingerprint density at radius 2 is 1.93 bits per heavy atom. The van der Waals surface area contributed by atoms with E-state index in [-0.39, 0.29) is 5.41 Å². The predicted octanol–water partition coefficient (Wildman–Crippen LogP) is 3.51. The molecule has 0 spiro atoms. The fourth-order valence-corrected chi connectivity index (χ4v) is 1.90. The van der Waals surface area contributed by atoms with Crippen molar-refractivity contribution in [2.24, 2.45) is 0 Å². The summed E-state index contributed by atoms with van der Waals surface area (Å²) in [5, 5.41) is 4.47. The highest BCUT2D eigenvalue weighted by Crippen LogP contribution is 2.30. The van der Waals surface area contributed by atoms with Crippen molar-refractivity contribution < 1.29 is 0 Å². The minimum absolute atomic E-state index is 0.194. The number of fused-ring (bicyclic) bond motifs is 1. The van der Waals surface area contributed by atoms with E-state index in [1.807, 2.05) is 7.05 Å². The van der Waals surface area contributed by atoms with Crippen molar-refractivity contribution in [3.05, 3.63) is 30.0 Å². The van der Waals surface area contributed by atoms with E-state index in [4.69, 9.17) is 0 Å². The third-order valence-electron chi connectivity index (χ3n) is 2.78. The lowest BCUT2D eigenvalue weighted by Gasteiger charge is -2.17. The lowest BCUT2D eigenvalue weighted by Crippen LogP contribution is -2.09. The van der Waals surface area contributed by atoms with Gasteiger partial charge >= 0.3 is 0 Å². The summed E-state index contributed by atoms with van der Waals surface area (Å²) in [6.45, 7) is 6.71. The van der Waals surface area contributed by atoms with Crippen molar-refractivity contribution in [2.75, 3.05) is 12.4 Å². The lowest BCUT2D eigenvalue weighted by molar-refractivity contribution is 0.596. The van der Waals surface area contributed by atoms with Crippen molar-refractivity contribution >= 4 is 16.6 Å². The number of anilines is 1. The molecule has 2 aromatic rings. The number of aromatic nitrogens is 1. The number of hydrogen-bond acceptors (Lipinski definition) is 1. The Bertz CT molecular complexity index is 475. The molecule has 0 amide bonds. The summed E-state index contributed by atoms with van der Waals surface area (Å²) in [6, 6.07) is 6.44. The average Bonchev–Trinajstić information content (AvgIpc) is 2.59. The molecule has 0 aliphatic heterocycles. The Morgan fingerprint density at radius 3 is 2.53 bits per heavy atom. The Kier molecular flexibility index (Phi) is 2.22. The zero-order chi connectivity index (χ0) is 11.1. The van der Waals surface area contributed by atoms with Gasteiger partial charge in [-0.15, -0.1) is 0 Å². The Balaban J connectivity index is 2.62. The zero-order valence-corrected chi connectivity index (χ0v) is 9.81. The highest BCUT2D eigenvalue weighted by molar-refractivity contribution is 5.87. The highest BCUT2D eigenvalue weighted by atomic mass is 14.8. The van der Waals surface area contributed by atoms with Crippen LogP contribution >= 0.6 is 0 Å². The minimum atomic E-state index is 0.194. The number of nitrogens with one attached hydrogen (secondary N) is 2. The monoisotopic (exact) mass is 202 g/mol. The molecule has 80 valence electrons. The van der Waals surface area contributed by atoms with Crippen LogP contribution in [0.3, 0.4) is 0 Å². The summed E-state index contributed by atoms with van der Waals surface area (Å²) in [7, 11) is 1.94. The highest BCUT2D eigenvalue weighted by Gasteiger charge is 2.17. The number of rotatable bonds is 1. The molecule has 0 fully saturated rings. The van der Waals surface area contributed by atoms with Gasteiger partial charge in [-0.3, -0.25) is 0 Å². The summed E-state index contributed by atoms with van der Waals surface area (Å²) in [4.78, 5) is 3.33. The van der Waals surface area contributed by atoms with Gasteiger partial charge in [0.2, 0.25) is 0 Å². The van der Waals surface area contributed by atoms with Crippen LogP contribution in [-0.2, 0) is 5.41 Å². The summed E-state index contributed by atoms with van der Waals surface area (Å²) >= 11 is 0. The SMILES string of the molecule is CNc1ccc2c(C(C)(C)C)c[nH]c2c1. The second kappa shape index (κ2) is 3.30. The molecular formula is C13H18N2. The molecule has 0 bridgehead atoms. The molecule has 1 aromatic carbocycles. The maximum Gasteiger partial charge on any atom is 0.0477 e. The van der Waals surface area contributed by atoms with E-state index < -0.39 is 0 Å². The van der Waals surface area contributed by atoms with Gasteiger partial charge in [-0.1, -0.05) is 26.8 Å². The maximum absolute atomic E-state index is 3.33. The first-order chi connectivity index (χ1) is 7.02. The first-order valence-corrected chi connectivity index (χ1v) is 5.32. The van der Waals surface area contributed by atoms with E-state index in [1.165, 1.54) is 16.5 Å². The number of benzene rings is 1. The fraction of sp³-hybridized carbons (Fsp3) is 0.385. The first kappa shape index (κ1) is 10.1. The molecule has 0 saturated carbocycles. The smallest absolute Gasteiger partial charge is 0.0477 e. The second-order valence-corrected chi connectivity index (χ2v) is 4.96. The van der Waals surface area contributed by atoms with Gasteiger partial charge in [-0.2, -0.15) is 0 Å². The lowest BCUT2D eigenvalue weighted by atomic mass is 9.87. The summed E-state index contributed by atoms with van der Waals surface area (Å²) in [5.74, 6) is 0. The molecule has 2 rings (SSSR count). The van der Waals surface area contributed by atoms with Crippen LogP contribution in [-0.4, -0.2) is 12.0 Å². The van der Waals surface area contributed by atoms with Crippen LogP contribution in [0.25, 0.3) is 10.9 Å². The van der Waals surface area contributed by atoms with Crippen molar-refractivity contribution in [3.63, 3.8) is 0 Å². The van der Waals surface area contributed by atoms with Gasteiger partial charge in [-0.05, 0) is 23.1 Å². The topological polar surface area (TPSA) is 27.8 Å². The van der Waals surface area contributed by atoms with Crippen LogP contribution in [0.5, 0.6) is 0 Å². The van der Waals surface area contributed by atoms with E-state index >= 15 is 0 Å². The van der Waals surface area contributed by atoms with Crippen LogP contribution in [0.1, 0.15) is 26.3 Å². The molecule has 2 N–H and O–H groups in total. The van der Waals surface area contributed by atoms with E-state index in [1.54, 1.807) is 0 Å². The van der Waals surface area contributed by atoms with E-state index in [9.17, 15) is 0 Å². The van der Waals surface area contributed by atoms with E-state index in [0.29, 0.717) is 0 Å². The third-order valence-corrected chi connectivity index (χ3v) is 2.78. The number of aromatic amines is 1. The molecule has 1 aromatic heterocycles. The standard InChI is InChI=1S/C13H18N2/c1-13(2,3)11-8-15-12-7-9(14-4)5-6-10(11)12/h5-8,14-15H,1-4H3.